The van der Waals surface area contributed by atoms with Crippen LogP contribution in [0.15, 0.2) is 47.4 Å². The summed E-state index contributed by atoms with van der Waals surface area (Å²) in [5.41, 5.74) is 3.57. The molecule has 0 aliphatic carbocycles. The van der Waals surface area contributed by atoms with E-state index < -0.39 is 16.0 Å². The lowest BCUT2D eigenvalue weighted by molar-refractivity contribution is -0.144. The summed E-state index contributed by atoms with van der Waals surface area (Å²) in [6, 6.07) is 11.7. The van der Waals surface area contributed by atoms with Crippen molar-refractivity contribution in [2.24, 2.45) is 0 Å². The molecule has 1 N–H and O–H groups in total. The van der Waals surface area contributed by atoms with Crippen molar-refractivity contribution in [2.45, 2.75) is 31.8 Å². The first kappa shape index (κ1) is 23.0. The highest BCUT2D eigenvalue weighted by atomic mass is 35.5. The smallest absolute Gasteiger partial charge is 0.307 e. The van der Waals surface area contributed by atoms with E-state index in [0.29, 0.717) is 11.3 Å². The molecule has 0 atom stereocenters. The number of fused-ring (bicyclic) bond motifs is 1. The Morgan fingerprint density at radius 3 is 2.52 bits per heavy atom. The van der Waals surface area contributed by atoms with E-state index in [-0.39, 0.29) is 29.6 Å². The van der Waals surface area contributed by atoms with Crippen molar-refractivity contribution in [2.75, 3.05) is 13.7 Å². The van der Waals surface area contributed by atoms with Crippen LogP contribution in [-0.4, -0.2) is 33.0 Å². The van der Waals surface area contributed by atoms with Crippen LogP contribution < -0.4 is 9.46 Å². The van der Waals surface area contributed by atoms with Crippen molar-refractivity contribution < 1.29 is 22.7 Å². The molecule has 3 aromatic rings. The summed E-state index contributed by atoms with van der Waals surface area (Å²) in [7, 11) is -2.23. The maximum absolute atomic E-state index is 12.3. The van der Waals surface area contributed by atoms with E-state index >= 15 is 0 Å². The van der Waals surface area contributed by atoms with Crippen molar-refractivity contribution in [3.63, 3.8) is 0 Å². The number of ether oxygens (including phenoxy) is 2. The number of carbonyl (C=O) groups excluding carboxylic acids is 1. The first-order chi connectivity index (χ1) is 14.7. The molecule has 31 heavy (non-hydrogen) atoms. The van der Waals surface area contributed by atoms with Gasteiger partial charge in [0, 0.05) is 17.5 Å². The number of nitrogens with zero attached hydrogens (tertiary/aromatic N) is 1. The van der Waals surface area contributed by atoms with E-state index in [1.807, 2.05) is 32.0 Å². The largest absolute Gasteiger partial charge is 0.497 e. The number of halogens is 1. The minimum Gasteiger partial charge on any atom is -0.497 e. The summed E-state index contributed by atoms with van der Waals surface area (Å²) in [6.45, 7) is 3.85. The van der Waals surface area contributed by atoms with E-state index in [4.69, 9.17) is 21.1 Å². The molecule has 1 heterocycles. The lowest BCUT2D eigenvalue weighted by Gasteiger charge is -2.11. The number of pyridine rings is 1. The van der Waals surface area contributed by atoms with Crippen LogP contribution in [0, 0.1) is 13.8 Å². The maximum Gasteiger partial charge on any atom is 0.307 e. The quantitative estimate of drug-likeness (QED) is 0.402. The molecule has 1 aromatic heterocycles. The van der Waals surface area contributed by atoms with Gasteiger partial charge in [0.15, 0.2) is 0 Å². The number of benzene rings is 2. The fraction of sp³-hybridized carbons (Fsp3) is 0.273. The van der Waals surface area contributed by atoms with Crippen LogP contribution >= 0.6 is 11.6 Å². The molecular formula is C22H23ClN2O5S. The Labute approximate surface area is 186 Å². The van der Waals surface area contributed by atoms with E-state index in [1.54, 1.807) is 12.1 Å². The van der Waals surface area contributed by atoms with E-state index in [2.05, 4.69) is 9.71 Å². The van der Waals surface area contributed by atoms with Gasteiger partial charge in [0.05, 0.1) is 23.9 Å². The molecule has 0 unspecified atom stereocenters. The topological polar surface area (TPSA) is 94.6 Å². The molecule has 0 radical (unpaired) electrons. The van der Waals surface area contributed by atoms with Crippen LogP contribution in [-0.2, 0) is 26.2 Å². The molecule has 164 valence electrons. The molecule has 0 spiro atoms. The molecule has 0 bridgehead atoms. The second-order valence-corrected chi connectivity index (χ2v) is 9.13. The van der Waals surface area contributed by atoms with Crippen molar-refractivity contribution in [1.82, 2.24) is 9.71 Å². The summed E-state index contributed by atoms with van der Waals surface area (Å²) in [5, 5.41) is 1.18. The number of hydrogen-bond acceptors (Lipinski definition) is 6. The predicted octanol–water partition coefficient (Wildman–Crippen LogP) is 3.93. The third-order valence-corrected chi connectivity index (χ3v) is 6.72. The van der Waals surface area contributed by atoms with Gasteiger partial charge in [0.25, 0.3) is 0 Å². The van der Waals surface area contributed by atoms with Gasteiger partial charge in [-0.25, -0.2) is 18.1 Å². The zero-order chi connectivity index (χ0) is 22.6. The molecule has 0 saturated carbocycles. The van der Waals surface area contributed by atoms with Gasteiger partial charge in [-0.15, -0.1) is 0 Å². The zero-order valence-electron chi connectivity index (χ0n) is 17.4. The fourth-order valence-electron chi connectivity index (χ4n) is 2.96. The van der Waals surface area contributed by atoms with Gasteiger partial charge in [0.2, 0.25) is 10.0 Å². The summed E-state index contributed by atoms with van der Waals surface area (Å²) < 4.78 is 37.2. The van der Waals surface area contributed by atoms with Gasteiger partial charge in [-0.2, -0.15) is 0 Å². The minimum atomic E-state index is -3.73. The fourth-order valence-corrected chi connectivity index (χ4v) is 4.19. The average molecular weight is 463 g/mol. The second kappa shape index (κ2) is 9.64. The van der Waals surface area contributed by atoms with Gasteiger partial charge >= 0.3 is 5.97 Å². The van der Waals surface area contributed by atoms with Crippen LogP contribution in [0.5, 0.6) is 5.75 Å². The third kappa shape index (κ3) is 5.52. The Morgan fingerprint density at radius 2 is 1.84 bits per heavy atom. The molecule has 0 aliphatic heterocycles. The minimum absolute atomic E-state index is 0.0429. The molecule has 2 aromatic carbocycles. The van der Waals surface area contributed by atoms with Crippen molar-refractivity contribution in [3.05, 3.63) is 64.3 Å². The Balaban J connectivity index is 1.55. The standard InChI is InChI=1S/C22H23ClN2O5S/c1-14-4-5-16-12-17(22(23)25-21(16)15(14)2)13-30-20(26)10-11-24-31(27,28)19-8-6-18(29-3)7-9-19/h4-9,12,24H,10-11,13H2,1-3H3. The molecule has 9 heteroatoms. The SMILES string of the molecule is COc1ccc(S(=O)(=O)NCCC(=O)OCc2cc3ccc(C)c(C)c3nc2Cl)cc1. The zero-order valence-corrected chi connectivity index (χ0v) is 19.0. The molecule has 0 saturated heterocycles. The number of aromatic nitrogens is 1. The number of methoxy groups -OCH3 is 1. The summed E-state index contributed by atoms with van der Waals surface area (Å²) in [5.74, 6) is 0.00310. The van der Waals surface area contributed by atoms with Crippen LogP contribution in [0.3, 0.4) is 0 Å². The number of carbonyl (C=O) groups is 1. The highest BCUT2D eigenvalue weighted by Gasteiger charge is 2.15. The molecule has 3 rings (SSSR count). The monoisotopic (exact) mass is 462 g/mol. The van der Waals surface area contributed by atoms with Gasteiger partial charge in [-0.05, 0) is 55.3 Å². The Kier molecular flexibility index (Phi) is 7.15. The lowest BCUT2D eigenvalue weighted by atomic mass is 10.0. The van der Waals surface area contributed by atoms with E-state index in [1.165, 1.54) is 19.2 Å². The Hall–Kier alpha value is -2.68. The van der Waals surface area contributed by atoms with Crippen molar-refractivity contribution >= 4 is 38.5 Å². The molecule has 0 fully saturated rings. The van der Waals surface area contributed by atoms with Crippen LogP contribution in [0.4, 0.5) is 0 Å². The predicted molar refractivity (Wildman–Crippen MR) is 119 cm³/mol. The number of esters is 1. The van der Waals surface area contributed by atoms with Crippen molar-refractivity contribution in [1.29, 1.82) is 0 Å². The highest BCUT2D eigenvalue weighted by molar-refractivity contribution is 7.89. The molecule has 0 amide bonds. The van der Waals surface area contributed by atoms with Gasteiger partial charge in [-0.3, -0.25) is 4.79 Å². The summed E-state index contributed by atoms with van der Waals surface area (Å²) in [4.78, 5) is 16.6. The summed E-state index contributed by atoms with van der Waals surface area (Å²) in [6.07, 6.45) is -0.119. The molecular weight excluding hydrogens is 440 g/mol. The van der Waals surface area contributed by atoms with Crippen LogP contribution in [0.25, 0.3) is 10.9 Å². The van der Waals surface area contributed by atoms with Gasteiger partial charge < -0.3 is 9.47 Å². The Morgan fingerprint density at radius 1 is 1.13 bits per heavy atom. The van der Waals surface area contributed by atoms with Gasteiger partial charge in [-0.1, -0.05) is 23.7 Å². The number of aryl methyl sites for hydroxylation is 2. The maximum atomic E-state index is 12.3. The lowest BCUT2D eigenvalue weighted by Crippen LogP contribution is -2.26. The van der Waals surface area contributed by atoms with Gasteiger partial charge in [0.1, 0.15) is 17.5 Å². The normalized spacial score (nSPS) is 11.5. The first-order valence-corrected chi connectivity index (χ1v) is 11.4. The highest BCUT2D eigenvalue weighted by Crippen LogP contribution is 2.25. The van der Waals surface area contributed by atoms with Crippen LogP contribution in [0.1, 0.15) is 23.1 Å². The van der Waals surface area contributed by atoms with E-state index in [9.17, 15) is 13.2 Å². The Bertz CT molecular complexity index is 1210. The number of sulfonamides is 1. The number of nitrogens with one attached hydrogen (secondary N) is 1. The van der Waals surface area contributed by atoms with Crippen molar-refractivity contribution in [3.8, 4) is 5.75 Å². The first-order valence-electron chi connectivity index (χ1n) is 9.56. The number of rotatable bonds is 8. The second-order valence-electron chi connectivity index (χ2n) is 7.00. The third-order valence-electron chi connectivity index (χ3n) is 4.92. The summed E-state index contributed by atoms with van der Waals surface area (Å²) >= 11 is 6.26. The number of hydrogen-bond donors (Lipinski definition) is 1. The van der Waals surface area contributed by atoms with E-state index in [0.717, 1.165) is 22.0 Å². The molecule has 7 nitrogen and oxygen atoms in total. The molecule has 0 aliphatic rings. The van der Waals surface area contributed by atoms with Crippen LogP contribution in [0.2, 0.25) is 5.15 Å². The average Bonchev–Trinajstić information content (AvgIpc) is 2.75.